The van der Waals surface area contributed by atoms with Crippen LogP contribution >= 0.6 is 0 Å². The first-order valence-corrected chi connectivity index (χ1v) is 10.2. The molecule has 4 rings (SSSR count). The second-order valence-electron chi connectivity index (χ2n) is 6.51. The average Bonchev–Trinajstić information content (AvgIpc) is 2.71. The first-order valence-electron chi connectivity index (χ1n) is 8.81. The van der Waals surface area contributed by atoms with Gasteiger partial charge in [0.05, 0.1) is 10.9 Å². The predicted molar refractivity (Wildman–Crippen MR) is 104 cm³/mol. The molecule has 0 radical (unpaired) electrons. The van der Waals surface area contributed by atoms with Gasteiger partial charge in [-0.15, -0.1) is 0 Å². The molecule has 3 aromatic carbocycles. The summed E-state index contributed by atoms with van der Waals surface area (Å²) in [4.78, 5) is 0. The van der Waals surface area contributed by atoms with E-state index in [1.54, 1.807) is 22.8 Å². The highest BCUT2D eigenvalue weighted by atomic mass is 32.2. The van der Waals surface area contributed by atoms with Crippen LogP contribution < -0.4 is 4.57 Å². The molecule has 168 valence electrons. The van der Waals surface area contributed by atoms with E-state index in [0.717, 1.165) is 17.1 Å². The molecule has 0 aliphatic carbocycles. The molecule has 4 aromatic rings. The van der Waals surface area contributed by atoms with Gasteiger partial charge in [0.2, 0.25) is 11.2 Å². The summed E-state index contributed by atoms with van der Waals surface area (Å²) in [6, 6.07) is 21.3. The smallest absolute Gasteiger partial charge is 0.485 e. The monoisotopic (exact) mass is 473 g/mol. The fraction of sp³-hybridized carbons (Fsp3) is 0.0952. The van der Waals surface area contributed by atoms with Gasteiger partial charge in [-0.05, 0) is 16.8 Å². The van der Waals surface area contributed by atoms with Crippen LogP contribution in [0.1, 0.15) is 5.56 Å². The number of para-hydroxylation sites is 1. The van der Waals surface area contributed by atoms with Crippen LogP contribution in [-0.2, 0) is 16.3 Å². The predicted octanol–water partition coefficient (Wildman–Crippen LogP) is 5.34. The average molecular weight is 473 g/mol. The SMILES string of the molecule is FC(F)(F)c1cc[n+](-c2ccccc2)c2ccc3ccccc3c12.O=S(=O)([O-])C(F)(F)F. The number of aromatic nitrogens is 1. The first kappa shape index (κ1) is 23.5. The molecule has 0 aliphatic rings. The van der Waals surface area contributed by atoms with Gasteiger partial charge >= 0.3 is 11.7 Å². The van der Waals surface area contributed by atoms with Gasteiger partial charge in [0.25, 0.3) is 0 Å². The molecule has 0 atom stereocenters. The Kier molecular flexibility index (Phi) is 6.16. The van der Waals surface area contributed by atoms with E-state index in [2.05, 4.69) is 0 Å². The van der Waals surface area contributed by atoms with E-state index in [1.165, 1.54) is 6.20 Å². The molecule has 0 amide bonds. The minimum Gasteiger partial charge on any atom is -0.741 e. The number of hydrogen-bond donors (Lipinski definition) is 0. The molecule has 32 heavy (non-hydrogen) atoms. The molecule has 0 unspecified atom stereocenters. The van der Waals surface area contributed by atoms with Crippen LogP contribution in [0.3, 0.4) is 0 Å². The largest absolute Gasteiger partial charge is 0.741 e. The van der Waals surface area contributed by atoms with Gasteiger partial charge in [-0.3, -0.25) is 0 Å². The van der Waals surface area contributed by atoms with Gasteiger partial charge < -0.3 is 4.55 Å². The lowest BCUT2D eigenvalue weighted by Crippen LogP contribution is -2.32. The summed E-state index contributed by atoms with van der Waals surface area (Å²) >= 11 is 0. The Balaban J connectivity index is 0.000000312. The van der Waals surface area contributed by atoms with E-state index >= 15 is 0 Å². The Morgan fingerprint density at radius 1 is 0.750 bits per heavy atom. The molecule has 0 saturated carbocycles. The fourth-order valence-electron chi connectivity index (χ4n) is 3.11. The Hall–Kier alpha value is -3.18. The molecule has 4 nitrogen and oxygen atoms in total. The summed E-state index contributed by atoms with van der Waals surface area (Å²) in [5, 5.41) is 1.63. The van der Waals surface area contributed by atoms with Gasteiger partial charge in [-0.2, -0.15) is 30.9 Å². The molecule has 0 saturated heterocycles. The van der Waals surface area contributed by atoms with Gasteiger partial charge in [0.1, 0.15) is 0 Å². The lowest BCUT2D eigenvalue weighted by Gasteiger charge is -2.12. The molecule has 1 aromatic heterocycles. The van der Waals surface area contributed by atoms with Crippen LogP contribution in [0.15, 0.2) is 79.0 Å². The van der Waals surface area contributed by atoms with E-state index in [4.69, 9.17) is 13.0 Å². The van der Waals surface area contributed by atoms with Crippen LogP contribution in [0.2, 0.25) is 0 Å². The van der Waals surface area contributed by atoms with Crippen LogP contribution in [0.5, 0.6) is 0 Å². The molecule has 11 heteroatoms. The Morgan fingerprint density at radius 2 is 1.31 bits per heavy atom. The van der Waals surface area contributed by atoms with Crippen molar-refractivity contribution in [2.45, 2.75) is 11.7 Å². The Bertz CT molecular complexity index is 1370. The van der Waals surface area contributed by atoms with Gasteiger partial charge in [0, 0.05) is 24.3 Å². The highest BCUT2D eigenvalue weighted by Crippen LogP contribution is 2.37. The Morgan fingerprint density at radius 3 is 1.88 bits per heavy atom. The van der Waals surface area contributed by atoms with Gasteiger partial charge in [0.15, 0.2) is 16.3 Å². The van der Waals surface area contributed by atoms with Crippen molar-refractivity contribution in [1.82, 2.24) is 0 Å². The van der Waals surface area contributed by atoms with Crippen molar-refractivity contribution in [1.29, 1.82) is 0 Å². The Labute approximate surface area is 178 Å². The summed E-state index contributed by atoms with van der Waals surface area (Å²) in [7, 11) is -6.09. The lowest BCUT2D eigenvalue weighted by molar-refractivity contribution is -0.567. The van der Waals surface area contributed by atoms with Crippen molar-refractivity contribution in [3.63, 3.8) is 0 Å². The zero-order valence-corrected chi connectivity index (χ0v) is 16.7. The number of nitrogens with zero attached hydrogens (tertiary/aromatic N) is 1. The summed E-state index contributed by atoms with van der Waals surface area (Å²) in [5.74, 6) is 0. The number of pyridine rings is 1. The molecule has 1 heterocycles. The number of alkyl halides is 6. The maximum atomic E-state index is 13.6. The molecule has 0 N–H and O–H groups in total. The van der Waals surface area contributed by atoms with E-state index in [9.17, 15) is 26.3 Å². The molecule has 0 fully saturated rings. The van der Waals surface area contributed by atoms with E-state index in [-0.39, 0.29) is 5.39 Å². The second-order valence-corrected chi connectivity index (χ2v) is 7.88. The summed E-state index contributed by atoms with van der Waals surface area (Å²) < 4.78 is 101. The topological polar surface area (TPSA) is 61.1 Å². The van der Waals surface area contributed by atoms with Crippen molar-refractivity contribution in [2.75, 3.05) is 0 Å². The van der Waals surface area contributed by atoms with Crippen LogP contribution in [0, 0.1) is 0 Å². The summed E-state index contributed by atoms with van der Waals surface area (Å²) in [6.07, 6.45) is -2.92. The van der Waals surface area contributed by atoms with Crippen LogP contribution in [0.25, 0.3) is 27.4 Å². The van der Waals surface area contributed by atoms with E-state index in [0.29, 0.717) is 10.9 Å². The molecule has 0 spiro atoms. The first-order chi connectivity index (χ1) is 14.8. The molecule has 0 aliphatic heterocycles. The standard InChI is InChI=1S/C20H13F3N.CHF3O3S/c21-20(22,23)17-12-13-24(15-7-2-1-3-8-15)18-11-10-14-6-4-5-9-16(14)19(17)18;2-1(3,4)8(5,6)7/h1-13H;(H,5,6,7)/q+1;/p-1. The van der Waals surface area contributed by atoms with Gasteiger partial charge in [-0.25, -0.2) is 8.42 Å². The van der Waals surface area contributed by atoms with Crippen LogP contribution in [-0.4, -0.2) is 18.5 Å². The minimum absolute atomic E-state index is 0.229. The van der Waals surface area contributed by atoms with Crippen molar-refractivity contribution in [2.24, 2.45) is 0 Å². The maximum Gasteiger partial charge on any atom is 0.485 e. The zero-order valence-electron chi connectivity index (χ0n) is 15.9. The zero-order chi connectivity index (χ0) is 23.7. The number of hydrogen-bond acceptors (Lipinski definition) is 3. The third kappa shape index (κ3) is 4.83. The number of halogens is 6. The van der Waals surface area contributed by atoms with E-state index in [1.807, 2.05) is 48.5 Å². The van der Waals surface area contributed by atoms with Gasteiger partial charge in [-0.1, -0.05) is 42.5 Å². The van der Waals surface area contributed by atoms with Crippen molar-refractivity contribution < 1.29 is 43.9 Å². The lowest BCUT2D eigenvalue weighted by atomic mass is 10.00. The number of benzene rings is 3. The van der Waals surface area contributed by atoms with Crippen LogP contribution in [0.4, 0.5) is 26.3 Å². The van der Waals surface area contributed by atoms with Crippen molar-refractivity contribution in [3.8, 4) is 5.69 Å². The normalized spacial score (nSPS) is 12.5. The van der Waals surface area contributed by atoms with E-state index < -0.39 is 27.4 Å². The third-order valence-electron chi connectivity index (χ3n) is 4.45. The van der Waals surface area contributed by atoms with Crippen molar-refractivity contribution >= 4 is 31.8 Å². The molecular weight excluding hydrogens is 460 g/mol. The highest BCUT2D eigenvalue weighted by Gasteiger charge is 2.37. The third-order valence-corrected chi connectivity index (χ3v) is 5.02. The fourth-order valence-corrected chi connectivity index (χ4v) is 3.11. The second kappa shape index (κ2) is 8.40. The molecular formula is C21H13F6NO3S. The maximum absolute atomic E-state index is 13.6. The van der Waals surface area contributed by atoms with Crippen molar-refractivity contribution in [3.05, 3.63) is 84.6 Å². The summed E-state index contributed by atoms with van der Waals surface area (Å²) in [5.41, 5.74) is -4.89. The summed E-state index contributed by atoms with van der Waals surface area (Å²) in [6.45, 7) is 0. The molecule has 0 bridgehead atoms. The minimum atomic E-state index is -6.09. The highest BCUT2D eigenvalue weighted by molar-refractivity contribution is 7.86. The number of fused-ring (bicyclic) bond motifs is 3. The number of rotatable bonds is 1. The quantitative estimate of drug-likeness (QED) is 0.123.